The Labute approximate surface area is 168 Å². The highest BCUT2D eigenvalue weighted by molar-refractivity contribution is 5.89. The predicted octanol–water partition coefficient (Wildman–Crippen LogP) is 4.07. The molecule has 1 atom stereocenters. The number of aromatic amines is 1. The third-order valence-corrected chi connectivity index (χ3v) is 4.56. The number of carbonyl (C=O) groups is 1. The molecule has 0 bridgehead atoms. The number of methoxy groups -OCH3 is 1. The molecule has 0 radical (unpaired) electrons. The average Bonchev–Trinajstić information content (AvgIpc) is 3.19. The summed E-state index contributed by atoms with van der Waals surface area (Å²) in [7, 11) is 1.64. The fourth-order valence-corrected chi connectivity index (χ4v) is 3.11. The van der Waals surface area contributed by atoms with Crippen LogP contribution < -0.4 is 15.4 Å². The maximum atomic E-state index is 12.6. The molecule has 29 heavy (non-hydrogen) atoms. The molecule has 146 valence electrons. The van der Waals surface area contributed by atoms with Crippen molar-refractivity contribution < 1.29 is 9.53 Å². The molecule has 0 aliphatic rings. The quantitative estimate of drug-likeness (QED) is 0.465. The standard InChI is InChI=1S/C22H21N5O2/c1-29-17-10-8-15(9-11-17)13-20(21-25-18-6-2-3-7-19(18)26-21)27-22(28)24-16-5-4-12-23-14-16/h2-12,14,20H,13H2,1H3,(H,25,26)(H2,24,27,28)/t20-/m1/s1. The summed E-state index contributed by atoms with van der Waals surface area (Å²) < 4.78 is 5.23. The molecular formula is C22H21N5O2. The lowest BCUT2D eigenvalue weighted by Gasteiger charge is -2.17. The molecule has 2 aromatic carbocycles. The molecule has 4 rings (SSSR count). The number of hydrogen-bond donors (Lipinski definition) is 3. The molecule has 2 aromatic heterocycles. The van der Waals surface area contributed by atoms with E-state index in [0.717, 1.165) is 22.3 Å². The molecule has 7 heteroatoms. The number of carbonyl (C=O) groups excluding carboxylic acids is 1. The van der Waals surface area contributed by atoms with Crippen LogP contribution in [0.15, 0.2) is 73.1 Å². The van der Waals surface area contributed by atoms with Crippen molar-refractivity contribution in [3.05, 3.63) is 84.4 Å². The van der Waals surface area contributed by atoms with E-state index >= 15 is 0 Å². The summed E-state index contributed by atoms with van der Waals surface area (Å²) in [5, 5.41) is 5.82. The number of nitrogens with one attached hydrogen (secondary N) is 3. The third-order valence-electron chi connectivity index (χ3n) is 4.56. The number of urea groups is 1. The summed E-state index contributed by atoms with van der Waals surface area (Å²) in [6.07, 6.45) is 3.83. The lowest BCUT2D eigenvalue weighted by molar-refractivity contribution is 0.248. The minimum absolute atomic E-state index is 0.322. The van der Waals surface area contributed by atoms with Crippen LogP contribution in [-0.4, -0.2) is 28.1 Å². The number of pyridine rings is 1. The van der Waals surface area contributed by atoms with Gasteiger partial charge in [0.2, 0.25) is 0 Å². The summed E-state index contributed by atoms with van der Waals surface area (Å²) >= 11 is 0. The second kappa shape index (κ2) is 8.43. The molecule has 0 unspecified atom stereocenters. The largest absolute Gasteiger partial charge is 0.497 e. The SMILES string of the molecule is COc1ccc(C[C@@H](NC(=O)Nc2cccnc2)c2nc3ccccc3[nH]2)cc1. The number of para-hydroxylation sites is 2. The first-order valence-corrected chi connectivity index (χ1v) is 9.26. The van der Waals surface area contributed by atoms with Crippen molar-refractivity contribution in [2.45, 2.75) is 12.5 Å². The summed E-state index contributed by atoms with van der Waals surface area (Å²) in [6, 6.07) is 18.5. The van der Waals surface area contributed by atoms with Crippen molar-refractivity contribution in [2.24, 2.45) is 0 Å². The monoisotopic (exact) mass is 387 g/mol. The van der Waals surface area contributed by atoms with E-state index in [1.807, 2.05) is 48.5 Å². The van der Waals surface area contributed by atoms with E-state index in [-0.39, 0.29) is 12.1 Å². The average molecular weight is 387 g/mol. The van der Waals surface area contributed by atoms with E-state index in [1.165, 1.54) is 0 Å². The molecule has 0 aliphatic heterocycles. The number of nitrogens with zero attached hydrogens (tertiary/aromatic N) is 2. The minimum Gasteiger partial charge on any atom is -0.497 e. The molecule has 0 saturated heterocycles. The Kier molecular flexibility index (Phi) is 5.38. The van der Waals surface area contributed by atoms with Gasteiger partial charge in [-0.25, -0.2) is 9.78 Å². The van der Waals surface area contributed by atoms with Crippen LogP contribution in [-0.2, 0) is 6.42 Å². The van der Waals surface area contributed by atoms with Gasteiger partial charge in [0.25, 0.3) is 0 Å². The van der Waals surface area contributed by atoms with Crippen molar-refractivity contribution in [3.63, 3.8) is 0 Å². The zero-order chi connectivity index (χ0) is 20.1. The highest BCUT2D eigenvalue weighted by Crippen LogP contribution is 2.21. The van der Waals surface area contributed by atoms with E-state index < -0.39 is 0 Å². The van der Waals surface area contributed by atoms with Gasteiger partial charge >= 0.3 is 6.03 Å². The molecule has 0 aliphatic carbocycles. The molecule has 3 N–H and O–H groups in total. The number of H-pyrrole nitrogens is 1. The van der Waals surface area contributed by atoms with Gasteiger partial charge < -0.3 is 20.4 Å². The van der Waals surface area contributed by atoms with E-state index in [9.17, 15) is 4.79 Å². The number of anilines is 1. The number of ether oxygens (including phenoxy) is 1. The Balaban J connectivity index is 1.57. The number of benzene rings is 2. The lowest BCUT2D eigenvalue weighted by Crippen LogP contribution is -2.34. The van der Waals surface area contributed by atoms with E-state index in [4.69, 9.17) is 4.74 Å². The van der Waals surface area contributed by atoms with Gasteiger partial charge in [-0.05, 0) is 48.4 Å². The van der Waals surface area contributed by atoms with E-state index in [2.05, 4.69) is 25.6 Å². The van der Waals surface area contributed by atoms with Crippen molar-refractivity contribution in [2.75, 3.05) is 12.4 Å². The zero-order valence-corrected chi connectivity index (χ0v) is 15.9. The summed E-state index contributed by atoms with van der Waals surface area (Å²) in [5.74, 6) is 1.49. The molecule has 7 nitrogen and oxygen atoms in total. The van der Waals surface area contributed by atoms with Crippen LogP contribution >= 0.6 is 0 Å². The van der Waals surface area contributed by atoms with Crippen molar-refractivity contribution in [3.8, 4) is 5.75 Å². The first kappa shape index (κ1) is 18.5. The van der Waals surface area contributed by atoms with Gasteiger partial charge in [0.15, 0.2) is 0 Å². The Bertz CT molecular complexity index is 1060. The minimum atomic E-state index is -0.340. The number of fused-ring (bicyclic) bond motifs is 1. The van der Waals surface area contributed by atoms with Crippen molar-refractivity contribution >= 4 is 22.8 Å². The maximum Gasteiger partial charge on any atom is 0.319 e. The molecular weight excluding hydrogens is 366 g/mol. The van der Waals surface area contributed by atoms with Crippen LogP contribution in [0.2, 0.25) is 0 Å². The zero-order valence-electron chi connectivity index (χ0n) is 15.9. The molecule has 0 spiro atoms. The highest BCUT2D eigenvalue weighted by atomic mass is 16.5. The third kappa shape index (κ3) is 4.52. The lowest BCUT2D eigenvalue weighted by atomic mass is 10.1. The maximum absolute atomic E-state index is 12.6. The van der Waals surface area contributed by atoms with Crippen molar-refractivity contribution in [1.29, 1.82) is 0 Å². The van der Waals surface area contributed by atoms with Crippen LogP contribution in [0.4, 0.5) is 10.5 Å². The summed E-state index contributed by atoms with van der Waals surface area (Å²) in [6.45, 7) is 0. The Hall–Kier alpha value is -3.87. The second-order valence-electron chi connectivity index (χ2n) is 6.58. The number of hydrogen-bond acceptors (Lipinski definition) is 4. The molecule has 0 saturated carbocycles. The first-order valence-electron chi connectivity index (χ1n) is 9.26. The normalized spacial score (nSPS) is 11.8. The van der Waals surface area contributed by atoms with Crippen LogP contribution in [0.5, 0.6) is 5.75 Å². The van der Waals surface area contributed by atoms with E-state index in [1.54, 1.807) is 31.6 Å². The van der Waals surface area contributed by atoms with Crippen LogP contribution in [0.3, 0.4) is 0 Å². The number of amides is 2. The van der Waals surface area contributed by atoms with Gasteiger partial charge in [0.1, 0.15) is 11.6 Å². The molecule has 4 aromatic rings. The Morgan fingerprint density at radius 3 is 2.66 bits per heavy atom. The van der Waals surface area contributed by atoms with Crippen LogP contribution in [0, 0.1) is 0 Å². The van der Waals surface area contributed by atoms with Gasteiger partial charge in [-0.15, -0.1) is 0 Å². The number of imidazole rings is 1. The summed E-state index contributed by atoms with van der Waals surface area (Å²) in [5.41, 5.74) is 3.46. The predicted molar refractivity (Wildman–Crippen MR) is 112 cm³/mol. The van der Waals surface area contributed by atoms with Crippen LogP contribution in [0.25, 0.3) is 11.0 Å². The molecule has 0 fully saturated rings. The Morgan fingerprint density at radius 2 is 1.93 bits per heavy atom. The molecule has 2 heterocycles. The smallest absolute Gasteiger partial charge is 0.319 e. The fraction of sp³-hybridized carbons (Fsp3) is 0.136. The van der Waals surface area contributed by atoms with Gasteiger partial charge in [-0.3, -0.25) is 4.98 Å². The number of aromatic nitrogens is 3. The van der Waals surface area contributed by atoms with Crippen molar-refractivity contribution in [1.82, 2.24) is 20.3 Å². The number of rotatable bonds is 6. The van der Waals surface area contributed by atoms with Gasteiger partial charge in [0.05, 0.1) is 36.1 Å². The van der Waals surface area contributed by atoms with E-state index in [0.29, 0.717) is 17.9 Å². The first-order chi connectivity index (χ1) is 14.2. The highest BCUT2D eigenvalue weighted by Gasteiger charge is 2.19. The molecule has 2 amide bonds. The van der Waals surface area contributed by atoms with Gasteiger partial charge in [-0.2, -0.15) is 0 Å². The van der Waals surface area contributed by atoms with Gasteiger partial charge in [0, 0.05) is 6.20 Å². The van der Waals surface area contributed by atoms with Gasteiger partial charge in [-0.1, -0.05) is 24.3 Å². The fourth-order valence-electron chi connectivity index (χ4n) is 3.11. The Morgan fingerprint density at radius 1 is 1.10 bits per heavy atom. The summed E-state index contributed by atoms with van der Waals surface area (Å²) in [4.78, 5) is 24.6. The second-order valence-corrected chi connectivity index (χ2v) is 6.58. The van der Waals surface area contributed by atoms with Crippen LogP contribution in [0.1, 0.15) is 17.4 Å². The topological polar surface area (TPSA) is 91.9 Å².